The van der Waals surface area contributed by atoms with Crippen molar-refractivity contribution in [2.75, 3.05) is 7.05 Å². The molecule has 1 N–H and O–H groups in total. The summed E-state index contributed by atoms with van der Waals surface area (Å²) in [5, 5.41) is 4.63. The number of benzene rings is 2. The van der Waals surface area contributed by atoms with Gasteiger partial charge in [0.15, 0.2) is 0 Å². The van der Waals surface area contributed by atoms with Gasteiger partial charge < -0.3 is 5.32 Å². The van der Waals surface area contributed by atoms with Crippen LogP contribution in [0.25, 0.3) is 0 Å². The predicted molar refractivity (Wildman–Crippen MR) is 88.4 cm³/mol. The van der Waals surface area contributed by atoms with E-state index in [1.54, 1.807) is 0 Å². The Morgan fingerprint density at radius 2 is 1.70 bits per heavy atom. The van der Waals surface area contributed by atoms with Crippen molar-refractivity contribution in [3.05, 3.63) is 69.2 Å². The summed E-state index contributed by atoms with van der Waals surface area (Å²) in [6, 6.07) is 15.0. The van der Waals surface area contributed by atoms with E-state index >= 15 is 0 Å². The van der Waals surface area contributed by atoms with Crippen LogP contribution >= 0.6 is 35.6 Å². The van der Waals surface area contributed by atoms with E-state index in [-0.39, 0.29) is 12.4 Å². The third-order valence-corrected chi connectivity index (χ3v) is 4.65. The lowest BCUT2D eigenvalue weighted by atomic mass is 9.93. The largest absolute Gasteiger partial charge is 0.313 e. The molecule has 2 aromatic rings. The molecular formula is C16H16Cl3N. The van der Waals surface area contributed by atoms with Gasteiger partial charge in [0, 0.05) is 12.0 Å². The second-order valence-corrected chi connectivity index (χ2v) is 5.75. The molecule has 0 bridgehead atoms. The number of hydrogen-bond donors (Lipinski definition) is 1. The summed E-state index contributed by atoms with van der Waals surface area (Å²) in [6.45, 7) is 0. The van der Waals surface area contributed by atoms with Crippen molar-refractivity contribution in [3.8, 4) is 0 Å². The third-order valence-electron chi connectivity index (χ3n) is 3.91. The van der Waals surface area contributed by atoms with Crippen molar-refractivity contribution >= 4 is 35.6 Å². The maximum absolute atomic E-state index is 6.14. The summed E-state index contributed by atoms with van der Waals surface area (Å²) in [6.07, 6.45) is 1.06. The zero-order valence-corrected chi connectivity index (χ0v) is 13.4. The predicted octanol–water partition coefficient (Wildman–Crippen LogP) is 5.21. The molecule has 106 valence electrons. The van der Waals surface area contributed by atoms with Crippen LogP contribution < -0.4 is 5.32 Å². The minimum absolute atomic E-state index is 0. The fraction of sp³-hybridized carbons (Fsp3) is 0.250. The summed E-state index contributed by atoms with van der Waals surface area (Å²) in [4.78, 5) is 0. The van der Waals surface area contributed by atoms with Crippen LogP contribution in [-0.2, 0) is 0 Å². The highest BCUT2D eigenvalue weighted by atomic mass is 35.5. The molecular weight excluding hydrogens is 313 g/mol. The van der Waals surface area contributed by atoms with Crippen LogP contribution in [0.4, 0.5) is 0 Å². The van der Waals surface area contributed by atoms with E-state index < -0.39 is 0 Å². The Bertz CT molecular complexity index is 612. The lowest BCUT2D eigenvalue weighted by molar-refractivity contribution is 0.564. The second-order valence-electron chi connectivity index (χ2n) is 4.93. The van der Waals surface area contributed by atoms with Crippen molar-refractivity contribution in [2.45, 2.75) is 18.4 Å². The molecule has 2 atom stereocenters. The quantitative estimate of drug-likeness (QED) is 0.798. The van der Waals surface area contributed by atoms with Crippen LogP contribution in [0.5, 0.6) is 0 Å². The van der Waals surface area contributed by atoms with E-state index in [0.717, 1.165) is 6.42 Å². The third kappa shape index (κ3) is 2.68. The molecule has 0 fully saturated rings. The molecule has 4 heteroatoms. The molecule has 0 radical (unpaired) electrons. The molecule has 1 aliphatic carbocycles. The van der Waals surface area contributed by atoms with Crippen LogP contribution in [-0.4, -0.2) is 7.05 Å². The number of nitrogens with one attached hydrogen (secondary N) is 1. The van der Waals surface area contributed by atoms with Gasteiger partial charge >= 0.3 is 0 Å². The van der Waals surface area contributed by atoms with E-state index in [1.165, 1.54) is 16.7 Å². The molecule has 1 nitrogen and oxygen atoms in total. The minimum Gasteiger partial charge on any atom is -0.313 e. The first kappa shape index (κ1) is 15.7. The molecule has 0 aromatic heterocycles. The summed E-state index contributed by atoms with van der Waals surface area (Å²) in [5.41, 5.74) is 4.01. The van der Waals surface area contributed by atoms with E-state index in [2.05, 4.69) is 35.6 Å². The maximum Gasteiger partial charge on any atom is 0.0595 e. The fourth-order valence-electron chi connectivity index (χ4n) is 2.95. The Balaban J connectivity index is 0.00000147. The van der Waals surface area contributed by atoms with E-state index in [9.17, 15) is 0 Å². The van der Waals surface area contributed by atoms with Gasteiger partial charge in [0.1, 0.15) is 0 Å². The number of rotatable bonds is 2. The molecule has 0 saturated heterocycles. The van der Waals surface area contributed by atoms with Gasteiger partial charge in [-0.3, -0.25) is 0 Å². The van der Waals surface area contributed by atoms with Gasteiger partial charge in [0.05, 0.1) is 10.0 Å². The van der Waals surface area contributed by atoms with Gasteiger partial charge in [0.25, 0.3) is 0 Å². The van der Waals surface area contributed by atoms with Gasteiger partial charge in [0.2, 0.25) is 0 Å². The van der Waals surface area contributed by atoms with Crippen molar-refractivity contribution in [2.24, 2.45) is 0 Å². The Morgan fingerprint density at radius 1 is 1.00 bits per heavy atom. The summed E-state index contributed by atoms with van der Waals surface area (Å²) in [5.74, 6) is 0.392. The fourth-order valence-corrected chi connectivity index (χ4v) is 3.26. The van der Waals surface area contributed by atoms with Crippen molar-refractivity contribution in [1.82, 2.24) is 5.32 Å². The highest BCUT2D eigenvalue weighted by Gasteiger charge is 2.30. The number of fused-ring (bicyclic) bond motifs is 1. The molecule has 0 heterocycles. The zero-order chi connectivity index (χ0) is 13.4. The van der Waals surface area contributed by atoms with Crippen LogP contribution in [0.3, 0.4) is 0 Å². The molecule has 2 unspecified atom stereocenters. The Labute approximate surface area is 135 Å². The lowest BCUT2D eigenvalue weighted by Crippen LogP contribution is -2.13. The molecule has 0 amide bonds. The van der Waals surface area contributed by atoms with E-state index in [1.807, 2.05) is 19.2 Å². The average molecular weight is 329 g/mol. The van der Waals surface area contributed by atoms with Crippen molar-refractivity contribution in [3.63, 3.8) is 0 Å². The molecule has 1 aliphatic rings. The molecule has 2 aromatic carbocycles. The first-order chi connectivity index (χ1) is 9.20. The van der Waals surface area contributed by atoms with Crippen molar-refractivity contribution < 1.29 is 0 Å². The SMILES string of the molecule is CNC1CC(c2ccc(Cl)c(Cl)c2)c2ccccc21.Cl. The van der Waals surface area contributed by atoms with Gasteiger partial charge in [-0.05, 0) is 42.3 Å². The zero-order valence-electron chi connectivity index (χ0n) is 11.1. The van der Waals surface area contributed by atoms with E-state index in [0.29, 0.717) is 22.0 Å². The number of hydrogen-bond acceptors (Lipinski definition) is 1. The van der Waals surface area contributed by atoms with Gasteiger partial charge in [-0.2, -0.15) is 0 Å². The summed E-state index contributed by atoms with van der Waals surface area (Å²) >= 11 is 12.1. The Morgan fingerprint density at radius 3 is 2.35 bits per heavy atom. The highest BCUT2D eigenvalue weighted by Crippen LogP contribution is 2.44. The second kappa shape index (κ2) is 6.36. The average Bonchev–Trinajstić information content (AvgIpc) is 2.81. The van der Waals surface area contributed by atoms with Gasteiger partial charge in [-0.1, -0.05) is 53.5 Å². The molecule has 0 spiro atoms. The first-order valence-corrected chi connectivity index (χ1v) is 7.17. The monoisotopic (exact) mass is 327 g/mol. The molecule has 3 rings (SSSR count). The summed E-state index contributed by atoms with van der Waals surface area (Å²) < 4.78 is 0. The summed E-state index contributed by atoms with van der Waals surface area (Å²) in [7, 11) is 2.01. The van der Waals surface area contributed by atoms with Crippen LogP contribution in [0.2, 0.25) is 10.0 Å². The first-order valence-electron chi connectivity index (χ1n) is 6.41. The van der Waals surface area contributed by atoms with E-state index in [4.69, 9.17) is 23.2 Å². The Kier molecular flexibility index (Phi) is 4.98. The number of halogens is 3. The molecule has 20 heavy (non-hydrogen) atoms. The van der Waals surface area contributed by atoms with Gasteiger partial charge in [-0.25, -0.2) is 0 Å². The standard InChI is InChI=1S/C16H15Cl2N.ClH/c1-19-16-9-13(11-4-2-3-5-12(11)16)10-6-7-14(17)15(18)8-10;/h2-8,13,16,19H,9H2,1H3;1H. The van der Waals surface area contributed by atoms with Crippen molar-refractivity contribution in [1.29, 1.82) is 0 Å². The normalized spacial score (nSPS) is 20.4. The molecule has 0 aliphatic heterocycles. The lowest BCUT2D eigenvalue weighted by Gasteiger charge is -2.13. The molecule has 0 saturated carbocycles. The van der Waals surface area contributed by atoms with Crippen LogP contribution in [0.15, 0.2) is 42.5 Å². The smallest absolute Gasteiger partial charge is 0.0595 e. The minimum atomic E-state index is 0. The van der Waals surface area contributed by atoms with Crippen LogP contribution in [0.1, 0.15) is 35.1 Å². The maximum atomic E-state index is 6.14. The van der Waals surface area contributed by atoms with Crippen LogP contribution in [0, 0.1) is 0 Å². The Hall–Kier alpha value is -0.730. The topological polar surface area (TPSA) is 12.0 Å². The van der Waals surface area contributed by atoms with Gasteiger partial charge in [-0.15, -0.1) is 12.4 Å². The highest BCUT2D eigenvalue weighted by molar-refractivity contribution is 6.42.